The zero-order valence-electron chi connectivity index (χ0n) is 72.9. The summed E-state index contributed by atoms with van der Waals surface area (Å²) in [5.41, 5.74) is 44.8. The van der Waals surface area contributed by atoms with Crippen LogP contribution >= 0.6 is 0 Å². The lowest BCUT2D eigenvalue weighted by atomic mass is 9.53. The van der Waals surface area contributed by atoms with Gasteiger partial charge in [-0.25, -0.2) is 0 Å². The third-order valence-electron chi connectivity index (χ3n) is 31.7. The molecule has 0 fully saturated rings. The standard InChI is InChI=1S/2C39H35N.C39H37N/c1-37(2)32-23-24(40-33-17-11-8-14-27(33)28-15-9-12-18-34(28)40)19-20-26(32)29-21-22-30-25-13-7-10-16-31(25)38(3,4)39(5,6)36(30)35(29)37;1-37(2)31-22-21-28-25-13-7-10-16-30(25)38(3,4)39(5,6)36(28)35(31)29-20-19-24(23-32(29)37)40-33-17-11-8-14-26(33)27-15-9-12-18-34(27)40;1-37(2)34-23-28(40(26-15-9-7-10-16-26)27-17-11-8-12-18-27)21-22-30(34)31-24-32-29-19-13-14-20-33(29)38(3,4)39(5,6)36(32)25-35(31)37/h2*7-23H,1-6H3;7-25H,1-6H3. The quantitative estimate of drug-likeness (QED) is 0.167. The number of hydrogen-bond donors (Lipinski definition) is 0. The Morgan fingerprint density at radius 2 is 0.500 bits per heavy atom. The highest BCUT2D eigenvalue weighted by Crippen LogP contribution is 2.65. The van der Waals surface area contributed by atoms with E-state index in [2.05, 4.69) is 460 Å². The van der Waals surface area contributed by atoms with Gasteiger partial charge in [-0.05, 0) is 252 Å². The minimum Gasteiger partial charge on any atom is -0.310 e. The van der Waals surface area contributed by atoms with Crippen molar-refractivity contribution in [2.75, 3.05) is 4.90 Å². The Kier molecular flexibility index (Phi) is 16.2. The first-order chi connectivity index (χ1) is 57.4. The number of anilines is 3. The van der Waals surface area contributed by atoms with Crippen LogP contribution in [-0.2, 0) is 48.7 Å². The van der Waals surface area contributed by atoms with E-state index in [1.165, 1.54) is 194 Å². The molecule has 0 spiro atoms. The molecule has 590 valence electrons. The van der Waals surface area contributed by atoms with Gasteiger partial charge in [0.15, 0.2) is 0 Å². The van der Waals surface area contributed by atoms with E-state index >= 15 is 0 Å². The van der Waals surface area contributed by atoms with Crippen molar-refractivity contribution in [1.82, 2.24) is 9.13 Å². The summed E-state index contributed by atoms with van der Waals surface area (Å²) in [5.74, 6) is 0. The normalized spacial score (nSPS) is 17.2. The molecule has 0 amide bonds. The fourth-order valence-corrected chi connectivity index (χ4v) is 23.1. The minimum absolute atomic E-state index is 0.000844. The second kappa shape index (κ2) is 25.9. The first kappa shape index (κ1) is 75.2. The third-order valence-corrected chi connectivity index (χ3v) is 31.7. The average molecular weight is 1560 g/mol. The van der Waals surface area contributed by atoms with Crippen LogP contribution in [0.3, 0.4) is 0 Å². The smallest absolute Gasteiger partial charge is 0.0541 e. The number of para-hydroxylation sites is 6. The second-order valence-corrected chi connectivity index (χ2v) is 40.0. The first-order valence-corrected chi connectivity index (χ1v) is 43.6. The molecular weight excluding hydrogens is 1450 g/mol. The Morgan fingerprint density at radius 3 is 0.992 bits per heavy atom. The molecule has 6 aliphatic rings. The SMILES string of the molecule is CC1(C)c2cc(-n3c4ccccc4c4ccccc43)ccc2-c2c1ccc1c2C(C)(C)C(C)(C)c2ccccc2-1.CC1(C)c2cc(-n3c4ccccc4c4ccccc43)ccc2-c2ccc3c(c21)C(C)(C)C(C)(C)c1ccccc1-3.CC1(C)c2cc(N(c3ccccc3)c3ccccc3)ccc2-c2cc3c(cc21)C(C)(C)C(C)(C)c1ccccc1-3. The van der Waals surface area contributed by atoms with Gasteiger partial charge in [-0.2, -0.15) is 0 Å². The van der Waals surface area contributed by atoms with E-state index in [0.29, 0.717) is 0 Å². The lowest BCUT2D eigenvalue weighted by Crippen LogP contribution is -2.45. The predicted molar refractivity (Wildman–Crippen MR) is 510 cm³/mol. The van der Waals surface area contributed by atoms with Gasteiger partial charge in [0.25, 0.3) is 0 Å². The molecule has 17 aromatic rings. The Hall–Kier alpha value is -12.3. The van der Waals surface area contributed by atoms with E-state index in [-0.39, 0.29) is 48.7 Å². The van der Waals surface area contributed by atoms with Crippen molar-refractivity contribution in [1.29, 1.82) is 0 Å². The molecule has 2 heterocycles. The van der Waals surface area contributed by atoms with Gasteiger partial charge in [-0.15, -0.1) is 0 Å². The number of hydrogen-bond acceptors (Lipinski definition) is 1. The predicted octanol–water partition coefficient (Wildman–Crippen LogP) is 31.4. The van der Waals surface area contributed by atoms with Crippen LogP contribution in [0.5, 0.6) is 0 Å². The fraction of sp³-hybridized carbons (Fsp3) is 0.231. The van der Waals surface area contributed by atoms with Gasteiger partial charge in [-0.3, -0.25) is 0 Å². The van der Waals surface area contributed by atoms with Gasteiger partial charge in [-0.1, -0.05) is 355 Å². The maximum atomic E-state index is 2.55. The molecule has 3 nitrogen and oxygen atoms in total. The van der Waals surface area contributed by atoms with Crippen LogP contribution in [0.1, 0.15) is 191 Å². The molecule has 3 heteroatoms. The average Bonchev–Trinajstić information content (AvgIpc) is 1.43. The van der Waals surface area contributed by atoms with E-state index < -0.39 is 0 Å². The maximum absolute atomic E-state index is 2.55. The first-order valence-electron chi connectivity index (χ1n) is 43.6. The van der Waals surface area contributed by atoms with Crippen LogP contribution < -0.4 is 4.90 Å². The molecule has 0 radical (unpaired) electrons. The highest BCUT2D eigenvalue weighted by Gasteiger charge is 2.54. The molecule has 0 saturated heterocycles. The van der Waals surface area contributed by atoms with Crippen molar-refractivity contribution < 1.29 is 0 Å². The zero-order valence-corrected chi connectivity index (χ0v) is 72.9. The summed E-state index contributed by atoms with van der Waals surface area (Å²) in [6.07, 6.45) is 0. The molecule has 2 aromatic heterocycles. The summed E-state index contributed by atoms with van der Waals surface area (Å²) in [6, 6.07) is 120. The second-order valence-electron chi connectivity index (χ2n) is 40.0. The van der Waals surface area contributed by atoms with Gasteiger partial charge in [0, 0.05) is 71.6 Å². The van der Waals surface area contributed by atoms with E-state index in [1.807, 2.05) is 0 Å². The van der Waals surface area contributed by atoms with Gasteiger partial charge in [0.1, 0.15) is 0 Å². The van der Waals surface area contributed by atoms with Gasteiger partial charge in [0.05, 0.1) is 22.1 Å². The Morgan fingerprint density at radius 1 is 0.183 bits per heavy atom. The highest BCUT2D eigenvalue weighted by atomic mass is 15.1. The Labute approximate surface area is 709 Å². The van der Waals surface area contributed by atoms with Crippen LogP contribution in [-0.4, -0.2) is 9.13 Å². The fourth-order valence-electron chi connectivity index (χ4n) is 23.1. The van der Waals surface area contributed by atoms with Crippen LogP contribution in [0.15, 0.2) is 322 Å². The number of nitrogens with zero attached hydrogens (tertiary/aromatic N) is 3. The molecular formula is C117H107N3. The van der Waals surface area contributed by atoms with Gasteiger partial charge in [0.2, 0.25) is 0 Å². The highest BCUT2D eigenvalue weighted by molar-refractivity contribution is 6.11. The summed E-state index contributed by atoms with van der Waals surface area (Å²) in [6.45, 7) is 43.8. The molecule has 0 N–H and O–H groups in total. The molecule has 0 saturated carbocycles. The van der Waals surface area contributed by atoms with E-state index in [0.717, 1.165) is 11.4 Å². The van der Waals surface area contributed by atoms with Crippen molar-refractivity contribution in [3.8, 4) is 78.1 Å². The summed E-state index contributed by atoms with van der Waals surface area (Å²) >= 11 is 0. The molecule has 0 aliphatic heterocycles. The van der Waals surface area contributed by atoms with Crippen LogP contribution in [0.2, 0.25) is 0 Å². The third kappa shape index (κ3) is 10.2. The van der Waals surface area contributed by atoms with Crippen molar-refractivity contribution in [2.24, 2.45) is 0 Å². The molecule has 15 aromatic carbocycles. The molecule has 23 rings (SSSR count). The molecule has 0 bridgehead atoms. The largest absolute Gasteiger partial charge is 0.310 e. The monoisotopic (exact) mass is 1550 g/mol. The molecule has 0 atom stereocenters. The van der Waals surface area contributed by atoms with Gasteiger partial charge < -0.3 is 14.0 Å². The Balaban J connectivity index is 0.000000111. The lowest BCUT2D eigenvalue weighted by molar-refractivity contribution is 0.295. The molecule has 120 heavy (non-hydrogen) atoms. The summed E-state index contributed by atoms with van der Waals surface area (Å²) < 4.78 is 4.89. The van der Waals surface area contributed by atoms with Crippen molar-refractivity contribution in [3.63, 3.8) is 0 Å². The minimum atomic E-state index is -0.121. The van der Waals surface area contributed by atoms with Crippen LogP contribution in [0, 0.1) is 0 Å². The number of rotatable bonds is 5. The summed E-state index contributed by atoms with van der Waals surface area (Å²) in [4.78, 5) is 2.37. The van der Waals surface area contributed by atoms with Crippen molar-refractivity contribution in [3.05, 3.63) is 388 Å². The van der Waals surface area contributed by atoms with Crippen molar-refractivity contribution in [2.45, 2.75) is 173 Å². The van der Waals surface area contributed by atoms with Gasteiger partial charge >= 0.3 is 0 Å². The summed E-state index contributed by atoms with van der Waals surface area (Å²) in [7, 11) is 0. The van der Waals surface area contributed by atoms with E-state index in [9.17, 15) is 0 Å². The zero-order chi connectivity index (χ0) is 83.1. The summed E-state index contributed by atoms with van der Waals surface area (Å²) in [5, 5.41) is 5.21. The van der Waals surface area contributed by atoms with E-state index in [1.54, 1.807) is 0 Å². The van der Waals surface area contributed by atoms with E-state index in [4.69, 9.17) is 0 Å². The number of aromatic nitrogens is 2. The Bertz CT molecular complexity index is 7030. The maximum Gasteiger partial charge on any atom is 0.0541 e. The van der Waals surface area contributed by atoms with Crippen molar-refractivity contribution >= 4 is 60.7 Å². The topological polar surface area (TPSA) is 13.1 Å². The number of fused-ring (bicyclic) bond motifs is 26. The lowest BCUT2D eigenvalue weighted by Gasteiger charge is -2.50. The molecule has 6 aliphatic carbocycles. The van der Waals surface area contributed by atoms with Crippen LogP contribution in [0.25, 0.3) is 122 Å². The van der Waals surface area contributed by atoms with Crippen LogP contribution in [0.4, 0.5) is 17.1 Å². The molecule has 0 unspecified atom stereocenters. The number of benzene rings is 15.